The number of hydrogen-bond donors (Lipinski definition) is 3. The Morgan fingerprint density at radius 1 is 1.35 bits per heavy atom. The number of urea groups is 1. The molecule has 5 heteroatoms. The number of nitrogens with one attached hydrogen (secondary N) is 2. The Morgan fingerprint density at radius 2 is 2.09 bits per heavy atom. The van der Waals surface area contributed by atoms with E-state index in [-0.39, 0.29) is 24.1 Å². The average molecular weight is 319 g/mol. The number of aliphatic hydroxyl groups excluding tert-OH is 1. The molecule has 2 amide bonds. The summed E-state index contributed by atoms with van der Waals surface area (Å²) in [6.07, 6.45) is 2.75. The lowest BCUT2D eigenvalue weighted by atomic mass is 9.89. The Bertz CT molecular complexity index is 490. The number of amides is 2. The molecule has 0 bridgehead atoms. The van der Waals surface area contributed by atoms with E-state index in [1.165, 1.54) is 5.69 Å². The lowest BCUT2D eigenvalue weighted by molar-refractivity contribution is 0.148. The molecule has 0 spiro atoms. The van der Waals surface area contributed by atoms with E-state index in [4.69, 9.17) is 0 Å². The second-order valence-corrected chi connectivity index (χ2v) is 7.09. The highest BCUT2D eigenvalue weighted by Gasteiger charge is 2.24. The third kappa shape index (κ3) is 5.75. The molecule has 0 aliphatic carbocycles. The number of carbonyl (C=O) groups excluding carboxylic acids is 1. The number of benzene rings is 1. The molecule has 1 unspecified atom stereocenters. The fourth-order valence-electron chi connectivity index (χ4n) is 2.84. The number of carbonyl (C=O) groups is 1. The Balaban J connectivity index is 1.65. The van der Waals surface area contributed by atoms with Crippen molar-refractivity contribution in [1.29, 1.82) is 0 Å². The second-order valence-electron chi connectivity index (χ2n) is 7.09. The zero-order valence-corrected chi connectivity index (χ0v) is 14.2. The largest absolute Gasteiger partial charge is 0.396 e. The lowest BCUT2D eigenvalue weighted by Crippen LogP contribution is -2.43. The summed E-state index contributed by atoms with van der Waals surface area (Å²) in [5.74, 6) is 0. The van der Waals surface area contributed by atoms with Crippen LogP contribution in [0.4, 0.5) is 10.5 Å². The van der Waals surface area contributed by atoms with Crippen molar-refractivity contribution in [1.82, 2.24) is 10.6 Å². The van der Waals surface area contributed by atoms with E-state index in [1.807, 2.05) is 32.0 Å². The van der Waals surface area contributed by atoms with E-state index in [1.54, 1.807) is 0 Å². The van der Waals surface area contributed by atoms with Crippen LogP contribution in [0.3, 0.4) is 0 Å². The molecule has 5 nitrogen and oxygen atoms in total. The Kier molecular flexibility index (Phi) is 6.28. The first-order chi connectivity index (χ1) is 11.0. The average Bonchev–Trinajstić information content (AvgIpc) is 3.01. The molecular formula is C18H29N3O2. The van der Waals surface area contributed by atoms with Crippen molar-refractivity contribution < 1.29 is 9.90 Å². The molecule has 128 valence electrons. The Hall–Kier alpha value is -1.75. The van der Waals surface area contributed by atoms with Gasteiger partial charge in [-0.05, 0) is 36.8 Å². The molecule has 1 aromatic carbocycles. The number of nitrogens with zero attached hydrogens (tertiary/aromatic N) is 1. The van der Waals surface area contributed by atoms with Crippen LogP contribution in [0.15, 0.2) is 30.3 Å². The highest BCUT2D eigenvalue weighted by atomic mass is 16.3. The normalized spacial score (nSPS) is 18.0. The standard InChI is InChI=1S/C18H29N3O2/c1-18(2,14-22)10-6-11-19-17(23)20-15-9-12-21(13-15)16-7-4-3-5-8-16/h3-5,7-8,15,22H,6,9-14H2,1-2H3,(H2,19,20,23). The number of aliphatic hydroxyl groups is 1. The first-order valence-electron chi connectivity index (χ1n) is 8.45. The molecule has 1 aliphatic heterocycles. The van der Waals surface area contributed by atoms with Crippen molar-refractivity contribution in [3.05, 3.63) is 30.3 Å². The Morgan fingerprint density at radius 3 is 2.78 bits per heavy atom. The lowest BCUT2D eigenvalue weighted by Gasteiger charge is -2.21. The van der Waals surface area contributed by atoms with Crippen LogP contribution in [0.2, 0.25) is 0 Å². The van der Waals surface area contributed by atoms with Crippen LogP contribution in [0.25, 0.3) is 0 Å². The van der Waals surface area contributed by atoms with Crippen LogP contribution in [-0.2, 0) is 0 Å². The summed E-state index contributed by atoms with van der Waals surface area (Å²) in [6, 6.07) is 10.4. The van der Waals surface area contributed by atoms with Crippen molar-refractivity contribution in [3.63, 3.8) is 0 Å². The van der Waals surface area contributed by atoms with Crippen LogP contribution in [0.5, 0.6) is 0 Å². The molecule has 3 N–H and O–H groups in total. The minimum Gasteiger partial charge on any atom is -0.396 e. The van der Waals surface area contributed by atoms with E-state index in [0.29, 0.717) is 6.54 Å². The van der Waals surface area contributed by atoms with Crippen molar-refractivity contribution >= 4 is 11.7 Å². The van der Waals surface area contributed by atoms with Gasteiger partial charge < -0.3 is 20.6 Å². The summed E-state index contributed by atoms with van der Waals surface area (Å²) in [5, 5.41) is 15.2. The van der Waals surface area contributed by atoms with Crippen LogP contribution >= 0.6 is 0 Å². The molecule has 1 saturated heterocycles. The van der Waals surface area contributed by atoms with E-state index < -0.39 is 0 Å². The summed E-state index contributed by atoms with van der Waals surface area (Å²) >= 11 is 0. The SMILES string of the molecule is CC(C)(CO)CCCNC(=O)NC1CCN(c2ccccc2)C1. The summed E-state index contributed by atoms with van der Waals surface area (Å²) in [7, 11) is 0. The fourth-order valence-corrected chi connectivity index (χ4v) is 2.84. The quantitative estimate of drug-likeness (QED) is 0.676. The van der Waals surface area contributed by atoms with Crippen molar-refractivity contribution in [2.24, 2.45) is 5.41 Å². The summed E-state index contributed by atoms with van der Waals surface area (Å²) < 4.78 is 0. The number of rotatable bonds is 7. The van der Waals surface area contributed by atoms with Gasteiger partial charge in [-0.3, -0.25) is 0 Å². The third-order valence-corrected chi connectivity index (χ3v) is 4.39. The van der Waals surface area contributed by atoms with Crippen LogP contribution in [-0.4, -0.2) is 43.4 Å². The van der Waals surface area contributed by atoms with Gasteiger partial charge in [0.15, 0.2) is 0 Å². The molecule has 1 atom stereocenters. The third-order valence-electron chi connectivity index (χ3n) is 4.39. The van der Waals surface area contributed by atoms with Gasteiger partial charge in [-0.25, -0.2) is 4.79 Å². The van der Waals surface area contributed by atoms with Crippen LogP contribution in [0.1, 0.15) is 33.1 Å². The van der Waals surface area contributed by atoms with Gasteiger partial charge in [0, 0.05) is 38.0 Å². The van der Waals surface area contributed by atoms with Crippen molar-refractivity contribution in [2.75, 3.05) is 31.1 Å². The maximum Gasteiger partial charge on any atom is 0.315 e. The smallest absolute Gasteiger partial charge is 0.315 e. The molecule has 1 aromatic rings. The minimum atomic E-state index is -0.0910. The van der Waals surface area contributed by atoms with Gasteiger partial charge in [-0.2, -0.15) is 0 Å². The summed E-state index contributed by atoms with van der Waals surface area (Å²) in [6.45, 7) is 6.71. The van der Waals surface area contributed by atoms with E-state index in [9.17, 15) is 9.90 Å². The zero-order valence-electron chi connectivity index (χ0n) is 14.2. The molecule has 0 saturated carbocycles. The molecular weight excluding hydrogens is 290 g/mol. The van der Waals surface area contributed by atoms with Gasteiger partial charge in [-0.15, -0.1) is 0 Å². The summed E-state index contributed by atoms with van der Waals surface area (Å²) in [4.78, 5) is 14.2. The van der Waals surface area contributed by atoms with Gasteiger partial charge in [-0.1, -0.05) is 32.0 Å². The number of hydrogen-bond acceptors (Lipinski definition) is 3. The van der Waals surface area contributed by atoms with Gasteiger partial charge >= 0.3 is 6.03 Å². The van der Waals surface area contributed by atoms with Gasteiger partial charge in [0.05, 0.1) is 0 Å². The zero-order chi connectivity index (χ0) is 16.7. The van der Waals surface area contributed by atoms with E-state index >= 15 is 0 Å². The maximum atomic E-state index is 11.9. The monoisotopic (exact) mass is 319 g/mol. The molecule has 1 heterocycles. The molecule has 23 heavy (non-hydrogen) atoms. The van der Waals surface area contributed by atoms with Crippen LogP contribution < -0.4 is 15.5 Å². The van der Waals surface area contributed by atoms with E-state index in [0.717, 1.165) is 32.4 Å². The predicted octanol–water partition coefficient (Wildman–Crippen LogP) is 2.36. The van der Waals surface area contributed by atoms with Gasteiger partial charge in [0.2, 0.25) is 0 Å². The van der Waals surface area contributed by atoms with Crippen LogP contribution in [0, 0.1) is 5.41 Å². The first kappa shape index (κ1) is 17.6. The molecule has 0 aromatic heterocycles. The maximum absolute atomic E-state index is 11.9. The summed E-state index contributed by atoms with van der Waals surface area (Å²) in [5.41, 5.74) is 1.14. The Labute approximate surface area is 139 Å². The predicted molar refractivity (Wildman–Crippen MR) is 93.7 cm³/mol. The molecule has 1 fully saturated rings. The fraction of sp³-hybridized carbons (Fsp3) is 0.611. The van der Waals surface area contributed by atoms with E-state index in [2.05, 4.69) is 27.7 Å². The number of para-hydroxylation sites is 1. The highest BCUT2D eigenvalue weighted by Crippen LogP contribution is 2.21. The topological polar surface area (TPSA) is 64.6 Å². The first-order valence-corrected chi connectivity index (χ1v) is 8.45. The van der Waals surface area contributed by atoms with Crippen molar-refractivity contribution in [3.8, 4) is 0 Å². The molecule has 2 rings (SSSR count). The molecule has 1 aliphatic rings. The highest BCUT2D eigenvalue weighted by molar-refractivity contribution is 5.74. The molecule has 0 radical (unpaired) electrons. The van der Waals surface area contributed by atoms with Crippen molar-refractivity contribution in [2.45, 2.75) is 39.2 Å². The van der Waals surface area contributed by atoms with Gasteiger partial charge in [0.1, 0.15) is 0 Å². The second kappa shape index (κ2) is 8.20. The van der Waals surface area contributed by atoms with Gasteiger partial charge in [0.25, 0.3) is 0 Å². The number of anilines is 1. The minimum absolute atomic E-state index is 0.0696.